The van der Waals surface area contributed by atoms with Gasteiger partial charge in [-0.1, -0.05) is 107 Å². The van der Waals surface area contributed by atoms with Gasteiger partial charge in [0.15, 0.2) is 0 Å². The van der Waals surface area contributed by atoms with Gasteiger partial charge >= 0.3 is 23.9 Å². The van der Waals surface area contributed by atoms with E-state index in [1.165, 1.54) is 0 Å². The van der Waals surface area contributed by atoms with Crippen molar-refractivity contribution in [2.24, 2.45) is 23.7 Å². The Morgan fingerprint density at radius 1 is 0.390 bits per heavy atom. The molecule has 0 aliphatic rings. The fourth-order valence-corrected chi connectivity index (χ4v) is 3.81. The minimum absolute atomic E-state index is 0. The third-order valence-electron chi connectivity index (χ3n) is 6.99. The van der Waals surface area contributed by atoms with E-state index >= 15 is 0 Å². The molecular weight excluding hydrogens is 608 g/mol. The van der Waals surface area contributed by atoms with E-state index in [4.69, 9.17) is 20.4 Å². The first-order chi connectivity index (χ1) is 18.9. The summed E-state index contributed by atoms with van der Waals surface area (Å²) in [6.07, 6.45) is 14.9. The maximum absolute atomic E-state index is 10.4. The molecule has 4 unspecified atom stereocenters. The third-order valence-corrected chi connectivity index (χ3v) is 6.99. The van der Waals surface area contributed by atoms with Crippen LogP contribution in [0.2, 0.25) is 0 Å². The van der Waals surface area contributed by atoms with Crippen molar-refractivity contribution < 1.29 is 60.7 Å². The molecule has 0 saturated heterocycles. The van der Waals surface area contributed by atoms with Crippen molar-refractivity contribution in [1.82, 2.24) is 0 Å². The van der Waals surface area contributed by atoms with E-state index in [0.29, 0.717) is 0 Å². The number of hydrogen-bond donors (Lipinski definition) is 4. The average Bonchev–Trinajstić information content (AvgIpc) is 2.91. The number of carboxylic acid groups (broad SMARTS) is 4. The van der Waals surface area contributed by atoms with Crippen molar-refractivity contribution in [3.8, 4) is 0 Å². The fraction of sp³-hybridized carbons (Fsp3) is 0.875. The van der Waals surface area contributed by atoms with Crippen molar-refractivity contribution in [2.75, 3.05) is 0 Å². The monoisotopic (exact) mass is 674 g/mol. The Morgan fingerprint density at radius 3 is 0.610 bits per heavy atom. The first kappa shape index (κ1) is 49.3. The minimum atomic E-state index is -0.643. The van der Waals surface area contributed by atoms with Gasteiger partial charge in [0.05, 0.1) is 23.7 Å². The Bertz CT molecular complexity index is 509. The second-order valence-corrected chi connectivity index (χ2v) is 10.3. The smallest absolute Gasteiger partial charge is 0.306 e. The normalized spacial score (nSPS) is 12.7. The molecule has 0 amide bonds. The summed E-state index contributed by atoms with van der Waals surface area (Å²) in [5, 5.41) is 34.4. The zero-order valence-corrected chi connectivity index (χ0v) is 29.5. The quantitative estimate of drug-likeness (QED) is 0.0936. The molecule has 9 heteroatoms. The molecule has 246 valence electrons. The molecule has 4 atom stereocenters. The number of unbranched alkanes of at least 4 members (excludes halogenated alkanes) is 4. The number of hydrogen-bond acceptors (Lipinski definition) is 4. The van der Waals surface area contributed by atoms with Crippen LogP contribution in [0.15, 0.2) is 0 Å². The molecular formula is C32H64MoO8. The number of carboxylic acids is 4. The molecule has 0 radical (unpaired) electrons. The maximum atomic E-state index is 10.4. The van der Waals surface area contributed by atoms with E-state index in [9.17, 15) is 19.2 Å². The predicted molar refractivity (Wildman–Crippen MR) is 164 cm³/mol. The van der Waals surface area contributed by atoms with Gasteiger partial charge in [-0.05, 0) is 51.4 Å². The van der Waals surface area contributed by atoms with E-state index < -0.39 is 23.9 Å². The largest absolute Gasteiger partial charge is 0.481 e. The Kier molecular flexibility index (Phi) is 44.0. The zero-order valence-electron chi connectivity index (χ0n) is 27.5. The molecule has 0 saturated carbocycles. The molecule has 0 aromatic rings. The van der Waals surface area contributed by atoms with Gasteiger partial charge in [0, 0.05) is 21.1 Å². The van der Waals surface area contributed by atoms with Crippen molar-refractivity contribution in [2.45, 2.75) is 158 Å². The summed E-state index contributed by atoms with van der Waals surface area (Å²) in [4.78, 5) is 41.7. The van der Waals surface area contributed by atoms with Crippen LogP contribution in [-0.2, 0) is 40.2 Å². The summed E-state index contributed by atoms with van der Waals surface area (Å²) >= 11 is 0. The molecule has 0 spiro atoms. The molecule has 0 aromatic carbocycles. The van der Waals surface area contributed by atoms with E-state index in [2.05, 4.69) is 27.7 Å². The van der Waals surface area contributed by atoms with Crippen LogP contribution in [0.1, 0.15) is 158 Å². The van der Waals surface area contributed by atoms with E-state index in [0.717, 1.165) is 103 Å². The Morgan fingerprint density at radius 2 is 0.537 bits per heavy atom. The Hall–Kier alpha value is -1.43. The fourth-order valence-electron chi connectivity index (χ4n) is 3.81. The van der Waals surface area contributed by atoms with E-state index in [-0.39, 0.29) is 44.7 Å². The van der Waals surface area contributed by atoms with Crippen LogP contribution in [0.25, 0.3) is 0 Å². The van der Waals surface area contributed by atoms with Crippen molar-refractivity contribution in [3.63, 3.8) is 0 Å². The molecule has 4 N–H and O–H groups in total. The molecule has 0 heterocycles. The molecule has 0 aromatic heterocycles. The summed E-state index contributed by atoms with van der Waals surface area (Å²) in [6.45, 7) is 16.0. The first-order valence-corrected chi connectivity index (χ1v) is 15.8. The molecule has 0 fully saturated rings. The second kappa shape index (κ2) is 36.6. The Balaban J connectivity index is -0.000000139. The minimum Gasteiger partial charge on any atom is -0.481 e. The summed E-state index contributed by atoms with van der Waals surface area (Å²) in [6, 6.07) is 0. The maximum Gasteiger partial charge on any atom is 0.306 e. The third kappa shape index (κ3) is 34.7. The van der Waals surface area contributed by atoms with E-state index in [1.807, 2.05) is 27.7 Å². The van der Waals surface area contributed by atoms with Crippen LogP contribution in [0.3, 0.4) is 0 Å². The predicted octanol–water partition coefficient (Wildman–Crippen LogP) is 9.15. The van der Waals surface area contributed by atoms with Crippen LogP contribution in [-0.4, -0.2) is 44.3 Å². The molecule has 0 aliphatic heterocycles. The van der Waals surface area contributed by atoms with Crippen molar-refractivity contribution in [3.05, 3.63) is 0 Å². The van der Waals surface area contributed by atoms with Crippen LogP contribution in [0, 0.1) is 23.7 Å². The van der Waals surface area contributed by atoms with Crippen LogP contribution >= 0.6 is 0 Å². The molecule has 41 heavy (non-hydrogen) atoms. The first-order valence-electron chi connectivity index (χ1n) is 15.8. The average molecular weight is 673 g/mol. The van der Waals surface area contributed by atoms with Crippen molar-refractivity contribution in [1.29, 1.82) is 0 Å². The van der Waals surface area contributed by atoms with Gasteiger partial charge in [-0.3, -0.25) is 19.2 Å². The SMILES string of the molecule is CCCCC(CC)C(=O)O.CCCCC(CC)C(=O)O.CCCCC(CC)C(=O)O.CCCCC(CC)C(=O)O.[Mo]. The van der Waals surface area contributed by atoms with Crippen molar-refractivity contribution >= 4 is 23.9 Å². The Labute approximate surface area is 265 Å². The number of rotatable bonds is 20. The zero-order chi connectivity index (χ0) is 31.9. The van der Waals surface area contributed by atoms with Gasteiger partial charge in [0.2, 0.25) is 0 Å². The summed E-state index contributed by atoms with van der Waals surface area (Å²) in [5.41, 5.74) is 0. The summed E-state index contributed by atoms with van der Waals surface area (Å²) in [5.74, 6) is -3.02. The molecule has 0 rings (SSSR count). The molecule has 8 nitrogen and oxygen atoms in total. The second-order valence-electron chi connectivity index (χ2n) is 10.3. The van der Waals surface area contributed by atoms with Gasteiger partial charge in [-0.25, -0.2) is 0 Å². The summed E-state index contributed by atoms with van der Waals surface area (Å²) < 4.78 is 0. The number of carbonyl (C=O) groups is 4. The number of aliphatic carboxylic acids is 4. The van der Waals surface area contributed by atoms with Gasteiger partial charge < -0.3 is 20.4 Å². The van der Waals surface area contributed by atoms with Gasteiger partial charge in [-0.15, -0.1) is 0 Å². The topological polar surface area (TPSA) is 149 Å². The molecule has 0 bridgehead atoms. The summed E-state index contributed by atoms with van der Waals surface area (Å²) in [7, 11) is 0. The van der Waals surface area contributed by atoms with Gasteiger partial charge in [0.1, 0.15) is 0 Å². The van der Waals surface area contributed by atoms with Crippen LogP contribution < -0.4 is 0 Å². The molecule has 0 aliphatic carbocycles. The van der Waals surface area contributed by atoms with Gasteiger partial charge in [0.25, 0.3) is 0 Å². The van der Waals surface area contributed by atoms with Gasteiger partial charge in [-0.2, -0.15) is 0 Å². The van der Waals surface area contributed by atoms with E-state index in [1.54, 1.807) is 0 Å². The standard InChI is InChI=1S/4C8H16O2.Mo/c4*1-3-5-6-7(4-2)8(9)10;/h4*7H,3-6H2,1-2H3,(H,9,10);. The van der Waals surface area contributed by atoms with Crippen LogP contribution in [0.5, 0.6) is 0 Å². The van der Waals surface area contributed by atoms with Crippen LogP contribution in [0.4, 0.5) is 0 Å².